The van der Waals surface area contributed by atoms with Crippen LogP contribution in [0.4, 0.5) is 10.5 Å². The maximum atomic E-state index is 12.6. The first-order valence-electron chi connectivity index (χ1n) is 10.7. The zero-order valence-electron chi connectivity index (χ0n) is 19.6. The molecule has 1 aliphatic heterocycles. The highest BCUT2D eigenvalue weighted by Gasteiger charge is 2.48. The van der Waals surface area contributed by atoms with Crippen molar-refractivity contribution in [3.63, 3.8) is 0 Å². The fourth-order valence-electron chi connectivity index (χ4n) is 4.08. The Bertz CT molecular complexity index is 1130. The highest BCUT2D eigenvalue weighted by atomic mass is 35.5. The van der Waals surface area contributed by atoms with Crippen LogP contribution in [0.25, 0.3) is 0 Å². The van der Waals surface area contributed by atoms with Crippen LogP contribution in [0, 0.1) is 12.3 Å². The van der Waals surface area contributed by atoms with Gasteiger partial charge in [0.1, 0.15) is 10.0 Å². The van der Waals surface area contributed by atoms with Gasteiger partial charge in [0.05, 0.1) is 5.54 Å². The molecule has 1 aliphatic rings. The largest absolute Gasteiger partial charge is 0.465 e. The molecule has 0 radical (unpaired) electrons. The summed E-state index contributed by atoms with van der Waals surface area (Å²) in [4.78, 5) is 19.5. The van der Waals surface area contributed by atoms with Gasteiger partial charge in [0.15, 0.2) is 0 Å². The number of aryl methyl sites for hydroxylation is 1. The van der Waals surface area contributed by atoms with Gasteiger partial charge in [-0.3, -0.25) is 14.5 Å². The number of nitrogens with one attached hydrogen (secondary N) is 1. The third kappa shape index (κ3) is 5.42. The Kier molecular flexibility index (Phi) is 6.98. The van der Waals surface area contributed by atoms with Crippen molar-refractivity contribution >= 4 is 33.4 Å². The molecule has 1 aromatic carbocycles. The van der Waals surface area contributed by atoms with E-state index in [1.807, 2.05) is 19.9 Å². The van der Waals surface area contributed by atoms with Gasteiger partial charge in [-0.2, -0.15) is 0 Å². The van der Waals surface area contributed by atoms with Crippen LogP contribution in [-0.4, -0.2) is 59.6 Å². The number of carbonyl (C=O) groups is 1. The number of benzene rings is 1. The van der Waals surface area contributed by atoms with Crippen LogP contribution in [-0.2, 0) is 16.6 Å². The molecule has 1 amide bonds. The number of anilines is 1. The summed E-state index contributed by atoms with van der Waals surface area (Å²) >= 11 is 5.74. The molecule has 0 bridgehead atoms. The monoisotopic (exact) mass is 494 g/mol. The number of amides is 1. The van der Waals surface area contributed by atoms with Gasteiger partial charge in [0.25, 0.3) is 10.0 Å². The summed E-state index contributed by atoms with van der Waals surface area (Å²) in [6, 6.07) is 8.28. The van der Waals surface area contributed by atoms with Gasteiger partial charge < -0.3 is 5.11 Å². The predicted molar refractivity (Wildman–Crippen MR) is 129 cm³/mol. The average Bonchev–Trinajstić information content (AvgIpc) is 2.69. The Morgan fingerprint density at radius 3 is 2.48 bits per heavy atom. The van der Waals surface area contributed by atoms with Gasteiger partial charge in [-0.1, -0.05) is 38.4 Å². The van der Waals surface area contributed by atoms with E-state index in [0.29, 0.717) is 31.9 Å². The standard InChI is InChI=1S/C23H31ClN4O4S/c1-16-12-18(26-33(31,32)19-8-9-20(24)25-13-19)7-6-17(16)14-27-10-11-28(21(29)30)23(5,15-27)22(2,3)4/h6-9,12-13,26H,10-11,14-15H2,1-5H3,(H,29,30)/t23-/m1/s1. The molecule has 2 N–H and O–H groups in total. The summed E-state index contributed by atoms with van der Waals surface area (Å²) in [6.07, 6.45) is 0.324. The van der Waals surface area contributed by atoms with E-state index < -0.39 is 21.7 Å². The maximum Gasteiger partial charge on any atom is 0.407 e. The zero-order valence-corrected chi connectivity index (χ0v) is 21.2. The van der Waals surface area contributed by atoms with Gasteiger partial charge >= 0.3 is 6.09 Å². The molecule has 3 rings (SSSR count). The molecular formula is C23H31ClN4O4S. The van der Waals surface area contributed by atoms with Crippen molar-refractivity contribution in [2.75, 3.05) is 24.4 Å². The molecule has 2 heterocycles. The van der Waals surface area contributed by atoms with Crippen molar-refractivity contribution in [1.82, 2.24) is 14.8 Å². The van der Waals surface area contributed by atoms with Crippen molar-refractivity contribution in [3.05, 3.63) is 52.8 Å². The minimum Gasteiger partial charge on any atom is -0.465 e. The molecule has 1 saturated heterocycles. The molecule has 33 heavy (non-hydrogen) atoms. The Hall–Kier alpha value is -2.36. The van der Waals surface area contributed by atoms with E-state index in [-0.39, 0.29) is 15.5 Å². The lowest BCUT2D eigenvalue weighted by Gasteiger charge is -2.54. The number of hydrogen-bond donors (Lipinski definition) is 2. The average molecular weight is 495 g/mol. The lowest BCUT2D eigenvalue weighted by Crippen LogP contribution is -2.67. The van der Waals surface area contributed by atoms with Crippen LogP contribution >= 0.6 is 11.6 Å². The number of rotatable bonds is 5. The third-order valence-electron chi connectivity index (χ3n) is 6.61. The van der Waals surface area contributed by atoms with E-state index in [1.165, 1.54) is 18.3 Å². The van der Waals surface area contributed by atoms with Crippen LogP contribution in [0.2, 0.25) is 5.15 Å². The molecule has 180 valence electrons. The Labute approximate surface area is 200 Å². The van der Waals surface area contributed by atoms with E-state index in [9.17, 15) is 18.3 Å². The minimum absolute atomic E-state index is 0.0337. The van der Waals surface area contributed by atoms with Gasteiger partial charge in [-0.25, -0.2) is 18.2 Å². The molecule has 0 saturated carbocycles. The highest BCUT2D eigenvalue weighted by Crippen LogP contribution is 2.39. The SMILES string of the molecule is Cc1cc(NS(=O)(=O)c2ccc(Cl)nc2)ccc1CN1CCN(C(=O)O)[C@@](C)(C(C)(C)C)C1. The quantitative estimate of drug-likeness (QED) is 0.595. The number of carboxylic acid groups (broad SMARTS) is 1. The van der Waals surface area contributed by atoms with Crippen LogP contribution in [0.5, 0.6) is 0 Å². The first-order valence-corrected chi connectivity index (χ1v) is 12.6. The number of nitrogens with zero attached hydrogens (tertiary/aromatic N) is 3. The second kappa shape index (κ2) is 9.12. The molecule has 0 aliphatic carbocycles. The summed E-state index contributed by atoms with van der Waals surface area (Å²) in [5.74, 6) is 0. The number of hydrogen-bond acceptors (Lipinski definition) is 5. The Morgan fingerprint density at radius 2 is 1.94 bits per heavy atom. The van der Waals surface area contributed by atoms with Gasteiger partial charge in [-0.15, -0.1) is 0 Å². The van der Waals surface area contributed by atoms with Crippen molar-refractivity contribution < 1.29 is 18.3 Å². The topological polar surface area (TPSA) is 103 Å². The van der Waals surface area contributed by atoms with Gasteiger partial charge in [-0.05, 0) is 54.7 Å². The maximum absolute atomic E-state index is 12.6. The molecule has 8 nitrogen and oxygen atoms in total. The summed E-state index contributed by atoms with van der Waals surface area (Å²) in [5, 5.41) is 9.94. The number of piperazine rings is 1. The highest BCUT2D eigenvalue weighted by molar-refractivity contribution is 7.92. The fourth-order valence-corrected chi connectivity index (χ4v) is 5.19. The summed E-state index contributed by atoms with van der Waals surface area (Å²) in [5.41, 5.74) is 1.69. The molecule has 0 unspecified atom stereocenters. The van der Waals surface area contributed by atoms with Crippen molar-refractivity contribution in [2.45, 2.75) is 51.6 Å². The normalized spacial score (nSPS) is 20.0. The smallest absolute Gasteiger partial charge is 0.407 e. The van der Waals surface area contributed by atoms with Crippen LogP contribution in [0.15, 0.2) is 41.4 Å². The molecule has 0 spiro atoms. The number of aromatic nitrogens is 1. The van der Waals surface area contributed by atoms with E-state index in [0.717, 1.165) is 11.1 Å². The summed E-state index contributed by atoms with van der Waals surface area (Å²) < 4.78 is 27.8. The number of halogens is 1. The van der Waals surface area contributed by atoms with Crippen LogP contribution < -0.4 is 4.72 Å². The Balaban J connectivity index is 1.75. The molecule has 2 aromatic rings. The number of sulfonamides is 1. The van der Waals surface area contributed by atoms with Gasteiger partial charge in [0.2, 0.25) is 0 Å². The zero-order chi connectivity index (χ0) is 24.6. The van der Waals surface area contributed by atoms with Crippen molar-refractivity contribution in [3.8, 4) is 0 Å². The second-order valence-corrected chi connectivity index (χ2v) is 11.8. The van der Waals surface area contributed by atoms with E-state index in [4.69, 9.17) is 11.6 Å². The molecule has 1 atom stereocenters. The molecule has 1 fully saturated rings. The van der Waals surface area contributed by atoms with Gasteiger partial charge in [0, 0.05) is 38.1 Å². The van der Waals surface area contributed by atoms with E-state index >= 15 is 0 Å². The van der Waals surface area contributed by atoms with Crippen LogP contribution in [0.1, 0.15) is 38.8 Å². The Morgan fingerprint density at radius 1 is 1.24 bits per heavy atom. The first kappa shape index (κ1) is 25.3. The van der Waals surface area contributed by atoms with E-state index in [2.05, 4.69) is 35.4 Å². The lowest BCUT2D eigenvalue weighted by atomic mass is 9.72. The summed E-state index contributed by atoms with van der Waals surface area (Å²) in [7, 11) is -3.78. The van der Waals surface area contributed by atoms with Crippen LogP contribution in [0.3, 0.4) is 0 Å². The predicted octanol–water partition coefficient (Wildman–Crippen LogP) is 4.44. The molecule has 10 heteroatoms. The minimum atomic E-state index is -3.78. The molecular weight excluding hydrogens is 464 g/mol. The lowest BCUT2D eigenvalue weighted by molar-refractivity contribution is -0.0462. The van der Waals surface area contributed by atoms with Crippen molar-refractivity contribution in [1.29, 1.82) is 0 Å². The summed E-state index contributed by atoms with van der Waals surface area (Å²) in [6.45, 7) is 12.5. The molecule has 1 aromatic heterocycles. The first-order chi connectivity index (χ1) is 15.2. The van der Waals surface area contributed by atoms with E-state index in [1.54, 1.807) is 17.0 Å². The fraction of sp³-hybridized carbons (Fsp3) is 0.478. The second-order valence-electron chi connectivity index (χ2n) is 9.73. The number of pyridine rings is 1. The third-order valence-corrected chi connectivity index (χ3v) is 8.20. The van der Waals surface area contributed by atoms with Crippen molar-refractivity contribution in [2.24, 2.45) is 5.41 Å².